The summed E-state index contributed by atoms with van der Waals surface area (Å²) in [6, 6.07) is 11.6. The maximum Gasteiger partial charge on any atom is 0.221 e. The highest BCUT2D eigenvalue weighted by Crippen LogP contribution is 2.20. The van der Waals surface area contributed by atoms with Crippen LogP contribution in [0.5, 0.6) is 11.5 Å². The first-order valence-electron chi connectivity index (χ1n) is 7.16. The van der Waals surface area contributed by atoms with Crippen molar-refractivity contribution in [2.45, 2.75) is 6.92 Å². The molecule has 0 bridgehead atoms. The lowest BCUT2D eigenvalue weighted by Gasteiger charge is -2.11. The summed E-state index contributed by atoms with van der Waals surface area (Å²) >= 11 is 0. The van der Waals surface area contributed by atoms with Gasteiger partial charge in [-0.25, -0.2) is 4.39 Å². The van der Waals surface area contributed by atoms with Gasteiger partial charge in [-0.1, -0.05) is 0 Å². The molecular formula is C17H19FN2O3. The number of benzene rings is 2. The van der Waals surface area contributed by atoms with Crippen molar-refractivity contribution in [1.82, 2.24) is 0 Å². The molecule has 23 heavy (non-hydrogen) atoms. The fourth-order valence-corrected chi connectivity index (χ4v) is 1.97. The smallest absolute Gasteiger partial charge is 0.221 e. The molecule has 0 aliphatic rings. The lowest BCUT2D eigenvalue weighted by Crippen LogP contribution is -2.13. The number of ether oxygens (including phenoxy) is 2. The van der Waals surface area contributed by atoms with Crippen LogP contribution in [-0.2, 0) is 4.79 Å². The van der Waals surface area contributed by atoms with Crippen molar-refractivity contribution in [1.29, 1.82) is 0 Å². The van der Waals surface area contributed by atoms with E-state index in [1.165, 1.54) is 19.1 Å². The number of anilines is 2. The first-order chi connectivity index (χ1) is 11.1. The molecular weight excluding hydrogens is 299 g/mol. The van der Waals surface area contributed by atoms with Gasteiger partial charge in [0.05, 0.1) is 12.8 Å². The van der Waals surface area contributed by atoms with Gasteiger partial charge >= 0.3 is 0 Å². The van der Waals surface area contributed by atoms with Crippen LogP contribution < -0.4 is 20.1 Å². The van der Waals surface area contributed by atoms with Crippen molar-refractivity contribution in [3.63, 3.8) is 0 Å². The fraction of sp³-hybridized carbons (Fsp3) is 0.235. The van der Waals surface area contributed by atoms with E-state index in [0.717, 1.165) is 5.75 Å². The molecule has 0 aromatic heterocycles. The zero-order chi connectivity index (χ0) is 16.7. The number of carbonyl (C=O) groups is 1. The minimum absolute atomic E-state index is 0.203. The van der Waals surface area contributed by atoms with E-state index in [2.05, 4.69) is 10.6 Å². The van der Waals surface area contributed by atoms with Gasteiger partial charge in [0, 0.05) is 19.2 Å². The highest BCUT2D eigenvalue weighted by atomic mass is 19.1. The van der Waals surface area contributed by atoms with Gasteiger partial charge < -0.3 is 20.1 Å². The Labute approximate surface area is 134 Å². The number of nitrogens with one attached hydrogen (secondary N) is 2. The van der Waals surface area contributed by atoms with Crippen LogP contribution in [0, 0.1) is 5.82 Å². The number of hydrogen-bond donors (Lipinski definition) is 2. The van der Waals surface area contributed by atoms with Gasteiger partial charge in [0.1, 0.15) is 23.9 Å². The average molecular weight is 318 g/mol. The van der Waals surface area contributed by atoms with Crippen molar-refractivity contribution in [2.24, 2.45) is 0 Å². The lowest BCUT2D eigenvalue weighted by molar-refractivity contribution is -0.114. The summed E-state index contributed by atoms with van der Waals surface area (Å²) in [6.45, 7) is 2.20. The molecule has 5 nitrogen and oxygen atoms in total. The standard InChI is InChI=1S/C17H19FN2O3/c1-12(21)20-13-3-8-16(18)17(11-13)19-9-10-23-15-6-4-14(22-2)5-7-15/h3-8,11,19H,9-10H2,1-2H3,(H,20,21). The van der Waals surface area contributed by atoms with Gasteiger partial charge in [0.25, 0.3) is 0 Å². The quantitative estimate of drug-likeness (QED) is 0.769. The first-order valence-corrected chi connectivity index (χ1v) is 7.16. The summed E-state index contributed by atoms with van der Waals surface area (Å²) in [5.74, 6) is 0.876. The van der Waals surface area contributed by atoms with Crippen LogP contribution in [0.1, 0.15) is 6.92 Å². The van der Waals surface area contributed by atoms with Crippen molar-refractivity contribution in [3.8, 4) is 11.5 Å². The maximum atomic E-state index is 13.7. The summed E-state index contributed by atoms with van der Waals surface area (Å²) in [4.78, 5) is 11.0. The molecule has 122 valence electrons. The summed E-state index contributed by atoms with van der Waals surface area (Å²) in [5, 5.41) is 5.55. The van der Waals surface area contributed by atoms with Crippen molar-refractivity contribution < 1.29 is 18.7 Å². The molecule has 0 unspecified atom stereocenters. The Morgan fingerprint density at radius 3 is 2.48 bits per heavy atom. The third kappa shape index (κ3) is 5.18. The molecule has 0 atom stereocenters. The zero-order valence-corrected chi connectivity index (χ0v) is 13.1. The Hall–Kier alpha value is -2.76. The second-order valence-electron chi connectivity index (χ2n) is 4.83. The molecule has 0 heterocycles. The second-order valence-corrected chi connectivity index (χ2v) is 4.83. The molecule has 2 N–H and O–H groups in total. The molecule has 0 saturated heterocycles. The Kier molecular flexibility index (Phi) is 5.80. The van der Waals surface area contributed by atoms with Crippen LogP contribution in [0.3, 0.4) is 0 Å². The van der Waals surface area contributed by atoms with Gasteiger partial charge in [0.2, 0.25) is 5.91 Å². The highest BCUT2D eigenvalue weighted by Gasteiger charge is 2.04. The van der Waals surface area contributed by atoms with Crippen LogP contribution in [0.15, 0.2) is 42.5 Å². The van der Waals surface area contributed by atoms with Crippen LogP contribution in [-0.4, -0.2) is 26.2 Å². The molecule has 0 aliphatic heterocycles. The van der Waals surface area contributed by atoms with Gasteiger partial charge in [0.15, 0.2) is 0 Å². The zero-order valence-electron chi connectivity index (χ0n) is 13.1. The Morgan fingerprint density at radius 2 is 1.83 bits per heavy atom. The van der Waals surface area contributed by atoms with Gasteiger partial charge in [-0.2, -0.15) is 0 Å². The van der Waals surface area contributed by atoms with E-state index in [4.69, 9.17) is 9.47 Å². The molecule has 2 aromatic carbocycles. The van der Waals surface area contributed by atoms with E-state index in [-0.39, 0.29) is 11.7 Å². The van der Waals surface area contributed by atoms with Crippen LogP contribution >= 0.6 is 0 Å². The van der Waals surface area contributed by atoms with Gasteiger partial charge in [-0.05, 0) is 42.5 Å². The number of halogens is 1. The van der Waals surface area contributed by atoms with Crippen LogP contribution in [0.4, 0.5) is 15.8 Å². The minimum atomic E-state index is -0.386. The number of methoxy groups -OCH3 is 1. The fourth-order valence-electron chi connectivity index (χ4n) is 1.97. The summed E-state index contributed by atoms with van der Waals surface area (Å²) in [5.41, 5.74) is 0.854. The maximum absolute atomic E-state index is 13.7. The molecule has 0 radical (unpaired) electrons. The number of amides is 1. The minimum Gasteiger partial charge on any atom is -0.497 e. The number of carbonyl (C=O) groups excluding carboxylic acids is 1. The van der Waals surface area contributed by atoms with E-state index in [9.17, 15) is 9.18 Å². The molecule has 1 amide bonds. The van der Waals surface area contributed by atoms with Crippen molar-refractivity contribution in [3.05, 3.63) is 48.3 Å². The lowest BCUT2D eigenvalue weighted by atomic mass is 10.2. The molecule has 0 saturated carbocycles. The normalized spacial score (nSPS) is 10.0. The van der Waals surface area contributed by atoms with E-state index in [1.54, 1.807) is 37.4 Å². The van der Waals surface area contributed by atoms with E-state index < -0.39 is 0 Å². The topological polar surface area (TPSA) is 59.6 Å². The molecule has 0 fully saturated rings. The van der Waals surface area contributed by atoms with Gasteiger partial charge in [-0.3, -0.25) is 4.79 Å². The highest BCUT2D eigenvalue weighted by molar-refractivity contribution is 5.89. The molecule has 0 spiro atoms. The third-order valence-electron chi connectivity index (χ3n) is 3.03. The predicted molar refractivity (Wildman–Crippen MR) is 87.7 cm³/mol. The largest absolute Gasteiger partial charge is 0.497 e. The number of rotatable bonds is 7. The van der Waals surface area contributed by atoms with E-state index in [1.807, 2.05) is 0 Å². The van der Waals surface area contributed by atoms with Gasteiger partial charge in [-0.15, -0.1) is 0 Å². The summed E-state index contributed by atoms with van der Waals surface area (Å²) < 4.78 is 24.3. The molecule has 2 aromatic rings. The average Bonchev–Trinajstić information content (AvgIpc) is 2.54. The van der Waals surface area contributed by atoms with Crippen molar-refractivity contribution in [2.75, 3.05) is 30.9 Å². The Morgan fingerprint density at radius 1 is 1.13 bits per heavy atom. The summed E-state index contributed by atoms with van der Waals surface area (Å²) in [7, 11) is 1.60. The van der Waals surface area contributed by atoms with Crippen LogP contribution in [0.2, 0.25) is 0 Å². The molecule has 6 heteroatoms. The first kappa shape index (κ1) is 16.6. The molecule has 0 aliphatic carbocycles. The number of hydrogen-bond acceptors (Lipinski definition) is 4. The molecule has 2 rings (SSSR count). The van der Waals surface area contributed by atoms with E-state index in [0.29, 0.717) is 30.3 Å². The predicted octanol–water partition coefficient (Wildman–Crippen LogP) is 3.28. The summed E-state index contributed by atoms with van der Waals surface area (Å²) in [6.07, 6.45) is 0. The van der Waals surface area contributed by atoms with Crippen LogP contribution in [0.25, 0.3) is 0 Å². The Balaban J connectivity index is 1.84. The van der Waals surface area contributed by atoms with E-state index >= 15 is 0 Å². The second kappa shape index (κ2) is 8.03. The monoisotopic (exact) mass is 318 g/mol. The SMILES string of the molecule is COc1ccc(OCCNc2cc(NC(C)=O)ccc2F)cc1. The third-order valence-corrected chi connectivity index (χ3v) is 3.03. The Bertz CT molecular complexity index is 659. The van der Waals surface area contributed by atoms with Crippen molar-refractivity contribution >= 4 is 17.3 Å².